The molecule has 1 heterocycles. The number of benzene rings is 1. The van der Waals surface area contributed by atoms with Crippen molar-refractivity contribution in [3.05, 3.63) is 34.4 Å². The summed E-state index contributed by atoms with van der Waals surface area (Å²) in [5.74, 6) is 0.195. The van der Waals surface area contributed by atoms with E-state index in [1.165, 1.54) is 24.3 Å². The first-order chi connectivity index (χ1) is 13.2. The van der Waals surface area contributed by atoms with Crippen molar-refractivity contribution in [1.29, 1.82) is 0 Å². The number of non-ortho nitro benzene ring substituents is 1. The number of amides is 1. The second-order valence-corrected chi connectivity index (χ2v) is 8.65. The first-order valence-electron chi connectivity index (χ1n) is 8.87. The summed E-state index contributed by atoms with van der Waals surface area (Å²) in [4.78, 5) is 22.4. The Morgan fingerprint density at radius 1 is 1.32 bits per heavy atom. The molecule has 1 aromatic carbocycles. The first-order valence-corrected chi connectivity index (χ1v) is 9.98. The summed E-state index contributed by atoms with van der Waals surface area (Å²) in [5, 5.41) is 13.4. The number of carbonyl (C=O) groups is 1. The van der Waals surface area contributed by atoms with Crippen molar-refractivity contribution in [3.8, 4) is 5.75 Å². The van der Waals surface area contributed by atoms with Gasteiger partial charge in [-0.25, -0.2) is 4.79 Å². The summed E-state index contributed by atoms with van der Waals surface area (Å²) in [5.41, 5.74) is -0.411. The van der Waals surface area contributed by atoms with Crippen LogP contribution >= 0.6 is 0 Å². The summed E-state index contributed by atoms with van der Waals surface area (Å²) in [6.45, 7) is 8.36. The molecule has 0 bridgehead atoms. The molecule has 0 aromatic heterocycles. The quantitative estimate of drug-likeness (QED) is 0.391. The molecule has 0 radical (unpaired) electrons. The van der Waals surface area contributed by atoms with E-state index in [2.05, 4.69) is 10.0 Å². The fourth-order valence-corrected chi connectivity index (χ4v) is 3.42. The summed E-state index contributed by atoms with van der Waals surface area (Å²) >= 11 is -1.37. The molecule has 28 heavy (non-hydrogen) atoms. The van der Waals surface area contributed by atoms with Crippen LogP contribution in [-0.4, -0.2) is 58.8 Å². The molecule has 2 rings (SSSR count). The van der Waals surface area contributed by atoms with Gasteiger partial charge in [-0.15, -0.1) is 9.03 Å². The van der Waals surface area contributed by atoms with Crippen LogP contribution in [0.5, 0.6) is 5.75 Å². The van der Waals surface area contributed by atoms with Crippen molar-refractivity contribution in [1.82, 2.24) is 14.3 Å². The van der Waals surface area contributed by atoms with Gasteiger partial charge < -0.3 is 19.3 Å². The third-order valence-corrected chi connectivity index (χ3v) is 5.46. The normalized spacial score (nSPS) is 17.6. The number of nitrogens with zero attached hydrogens (tertiary/aromatic N) is 2. The van der Waals surface area contributed by atoms with Gasteiger partial charge in [0.25, 0.3) is 5.69 Å². The van der Waals surface area contributed by atoms with Gasteiger partial charge in [-0.3, -0.25) is 10.1 Å². The van der Waals surface area contributed by atoms with E-state index in [0.29, 0.717) is 26.3 Å². The molecule has 1 aliphatic heterocycles. The lowest BCUT2D eigenvalue weighted by atomic mass is 9.87. The third kappa shape index (κ3) is 6.91. The minimum atomic E-state index is -1.37. The van der Waals surface area contributed by atoms with Crippen molar-refractivity contribution in [3.63, 3.8) is 0 Å². The molecular formula is C17H26N4O6S. The monoisotopic (exact) mass is 414 g/mol. The molecule has 1 saturated heterocycles. The van der Waals surface area contributed by atoms with Gasteiger partial charge >= 0.3 is 6.09 Å². The predicted molar refractivity (Wildman–Crippen MR) is 104 cm³/mol. The van der Waals surface area contributed by atoms with Crippen LogP contribution in [0, 0.1) is 15.5 Å². The van der Waals surface area contributed by atoms with Crippen LogP contribution in [0.4, 0.5) is 10.5 Å². The van der Waals surface area contributed by atoms with Gasteiger partial charge in [0.15, 0.2) is 0 Å². The average molecular weight is 414 g/mol. The second-order valence-electron chi connectivity index (χ2n) is 7.34. The Kier molecular flexibility index (Phi) is 8.01. The van der Waals surface area contributed by atoms with Crippen molar-refractivity contribution >= 4 is 23.3 Å². The van der Waals surface area contributed by atoms with Crippen molar-refractivity contribution in [2.75, 3.05) is 32.8 Å². The Hall–Kier alpha value is -1.92. The molecule has 0 spiro atoms. The Morgan fingerprint density at radius 2 is 1.93 bits per heavy atom. The number of nitro groups is 1. The van der Waals surface area contributed by atoms with Gasteiger partial charge in [-0.1, -0.05) is 20.8 Å². The van der Waals surface area contributed by atoms with Crippen molar-refractivity contribution in [2.24, 2.45) is 5.41 Å². The van der Waals surface area contributed by atoms with Gasteiger partial charge in [0, 0.05) is 12.1 Å². The van der Waals surface area contributed by atoms with E-state index in [9.17, 15) is 19.5 Å². The molecule has 11 heteroatoms. The van der Waals surface area contributed by atoms with E-state index in [-0.39, 0.29) is 29.4 Å². The van der Waals surface area contributed by atoms with Gasteiger partial charge in [0.1, 0.15) is 17.3 Å². The number of morpholine rings is 1. The van der Waals surface area contributed by atoms with Crippen LogP contribution in [0.15, 0.2) is 24.3 Å². The van der Waals surface area contributed by atoms with Gasteiger partial charge in [-0.05, 0) is 17.5 Å². The average Bonchev–Trinajstić information content (AvgIpc) is 2.65. The molecule has 1 aromatic rings. The zero-order valence-corrected chi connectivity index (χ0v) is 17.0. The molecule has 1 fully saturated rings. The third-order valence-electron chi connectivity index (χ3n) is 4.21. The fraction of sp³-hybridized carbons (Fsp3) is 0.588. The highest BCUT2D eigenvalue weighted by molar-refractivity contribution is 7.87. The van der Waals surface area contributed by atoms with Crippen LogP contribution in [0.2, 0.25) is 0 Å². The van der Waals surface area contributed by atoms with E-state index in [0.717, 1.165) is 0 Å². The van der Waals surface area contributed by atoms with E-state index < -0.39 is 22.6 Å². The standard InChI is InChI=1S/C17H26N4O6S/c1-17(2,3)15(12-18-28(25)20-8-10-26-11-9-20)19-16(22)27-14-6-4-13(5-7-14)21(23)24/h4-7,15,18H,8-12H2,1-3H3,(H,19,22)/t15-,28?/m0/s1. The molecule has 10 nitrogen and oxygen atoms in total. The topological polar surface area (TPSA) is 129 Å². The summed E-state index contributed by atoms with van der Waals surface area (Å²) < 4.78 is 27.5. The molecule has 156 valence electrons. The minimum Gasteiger partial charge on any atom is -0.579 e. The summed E-state index contributed by atoms with van der Waals surface area (Å²) in [6, 6.07) is 4.88. The Labute approximate surface area is 167 Å². The van der Waals surface area contributed by atoms with Gasteiger partial charge in [0.05, 0.1) is 43.8 Å². The first kappa shape index (κ1) is 22.4. The van der Waals surface area contributed by atoms with Crippen LogP contribution in [0.3, 0.4) is 0 Å². The van der Waals surface area contributed by atoms with Gasteiger partial charge in [0.2, 0.25) is 0 Å². The molecule has 0 aliphatic carbocycles. The van der Waals surface area contributed by atoms with E-state index in [4.69, 9.17) is 9.47 Å². The van der Waals surface area contributed by atoms with E-state index >= 15 is 0 Å². The van der Waals surface area contributed by atoms with Crippen LogP contribution in [0.25, 0.3) is 0 Å². The van der Waals surface area contributed by atoms with Gasteiger partial charge in [-0.2, -0.15) is 0 Å². The van der Waals surface area contributed by atoms with Crippen molar-refractivity contribution in [2.45, 2.75) is 26.8 Å². The van der Waals surface area contributed by atoms with Crippen molar-refractivity contribution < 1.29 is 23.7 Å². The molecule has 1 unspecified atom stereocenters. The van der Waals surface area contributed by atoms with E-state index in [1.807, 2.05) is 20.8 Å². The Balaban J connectivity index is 1.89. The van der Waals surface area contributed by atoms with E-state index in [1.54, 1.807) is 4.31 Å². The zero-order chi connectivity index (χ0) is 20.7. The second kappa shape index (κ2) is 10.0. The lowest BCUT2D eigenvalue weighted by molar-refractivity contribution is -0.384. The van der Waals surface area contributed by atoms with Crippen LogP contribution in [-0.2, 0) is 16.3 Å². The predicted octanol–water partition coefficient (Wildman–Crippen LogP) is 1.60. The molecule has 2 atom stereocenters. The maximum absolute atomic E-state index is 12.4. The number of ether oxygens (including phenoxy) is 2. The highest BCUT2D eigenvalue weighted by Gasteiger charge is 2.30. The van der Waals surface area contributed by atoms with Crippen LogP contribution in [0.1, 0.15) is 20.8 Å². The van der Waals surface area contributed by atoms with Crippen LogP contribution < -0.4 is 14.8 Å². The maximum atomic E-state index is 12.4. The maximum Gasteiger partial charge on any atom is 0.412 e. The number of nitro benzene ring substituents is 1. The Bertz CT molecular complexity index is 661. The summed E-state index contributed by atoms with van der Waals surface area (Å²) in [7, 11) is 0. The Morgan fingerprint density at radius 3 is 2.46 bits per heavy atom. The number of rotatable bonds is 7. The molecule has 1 amide bonds. The summed E-state index contributed by atoms with van der Waals surface area (Å²) in [6.07, 6.45) is -0.687. The molecule has 1 aliphatic rings. The molecule has 0 saturated carbocycles. The zero-order valence-electron chi connectivity index (χ0n) is 16.2. The SMILES string of the molecule is CC(C)(C)[C@H](CN[S+]([O-])N1CCOCC1)NC(=O)Oc1ccc([N+](=O)[O-])cc1. The number of hydrogen-bond donors (Lipinski definition) is 2. The minimum absolute atomic E-state index is 0.0879. The fourth-order valence-electron chi connectivity index (χ4n) is 2.45. The highest BCUT2D eigenvalue weighted by atomic mass is 32.2. The molecular weight excluding hydrogens is 388 g/mol. The number of nitrogens with one attached hydrogen (secondary N) is 2. The smallest absolute Gasteiger partial charge is 0.412 e. The molecule has 2 N–H and O–H groups in total. The lowest BCUT2D eigenvalue weighted by Crippen LogP contribution is -2.54. The number of hydrogen-bond acceptors (Lipinski definition) is 8. The highest BCUT2D eigenvalue weighted by Crippen LogP contribution is 2.21. The largest absolute Gasteiger partial charge is 0.579 e. The lowest BCUT2D eigenvalue weighted by Gasteiger charge is -2.32. The number of carbonyl (C=O) groups excluding carboxylic acids is 1.